The molecule has 0 bridgehead atoms. The maximum absolute atomic E-state index is 12.1. The Kier molecular flexibility index (Phi) is 4.11. The summed E-state index contributed by atoms with van der Waals surface area (Å²) in [5, 5.41) is 4.76. The monoisotopic (exact) mass is 321 g/mol. The largest absolute Gasteiger partial charge is 0.422 e. The van der Waals surface area contributed by atoms with Crippen LogP contribution in [0.2, 0.25) is 0 Å². The van der Waals surface area contributed by atoms with E-state index in [0.29, 0.717) is 22.5 Å². The highest BCUT2D eigenvalue weighted by molar-refractivity contribution is 6.03. The first-order valence-corrected chi connectivity index (χ1v) is 7.28. The molecule has 0 atom stereocenters. The Morgan fingerprint density at radius 3 is 2.58 bits per heavy atom. The Balaban J connectivity index is 1.89. The Labute approximate surface area is 137 Å². The van der Waals surface area contributed by atoms with Crippen molar-refractivity contribution in [1.82, 2.24) is 5.43 Å². The number of benzene rings is 2. The molecule has 0 aliphatic rings. The molecule has 6 heteroatoms. The number of hydrogen-bond acceptors (Lipinski definition) is 5. The molecule has 6 nitrogen and oxygen atoms in total. The van der Waals surface area contributed by atoms with Crippen molar-refractivity contribution in [2.75, 3.05) is 5.73 Å². The molecule has 120 valence electrons. The van der Waals surface area contributed by atoms with Gasteiger partial charge in [-0.15, -0.1) is 0 Å². The summed E-state index contributed by atoms with van der Waals surface area (Å²) in [7, 11) is 0. The van der Waals surface area contributed by atoms with Crippen molar-refractivity contribution < 1.29 is 9.21 Å². The molecule has 0 fully saturated rings. The molecule has 3 N–H and O–H groups in total. The highest BCUT2D eigenvalue weighted by atomic mass is 16.4. The summed E-state index contributed by atoms with van der Waals surface area (Å²) >= 11 is 0. The lowest BCUT2D eigenvalue weighted by Gasteiger charge is -2.05. The minimum Gasteiger partial charge on any atom is -0.422 e. The predicted octanol–water partition coefficient (Wildman–Crippen LogP) is 2.53. The van der Waals surface area contributed by atoms with Crippen molar-refractivity contribution in [2.45, 2.75) is 6.92 Å². The van der Waals surface area contributed by atoms with E-state index in [-0.39, 0.29) is 5.56 Å². The van der Waals surface area contributed by atoms with Crippen LogP contribution in [-0.2, 0) is 0 Å². The maximum atomic E-state index is 12.1. The van der Waals surface area contributed by atoms with Gasteiger partial charge in [-0.05, 0) is 31.2 Å². The molecule has 2 aromatic carbocycles. The smallest absolute Gasteiger partial charge is 0.345 e. The highest BCUT2D eigenvalue weighted by Crippen LogP contribution is 2.13. The number of carbonyl (C=O) groups excluding carboxylic acids is 1. The number of hydrogen-bond donors (Lipinski definition) is 2. The van der Waals surface area contributed by atoms with Gasteiger partial charge in [0.1, 0.15) is 5.58 Å². The van der Waals surface area contributed by atoms with Crippen LogP contribution in [0.4, 0.5) is 5.69 Å². The van der Waals surface area contributed by atoms with Crippen molar-refractivity contribution in [2.24, 2.45) is 5.10 Å². The molecule has 0 saturated carbocycles. The van der Waals surface area contributed by atoms with Gasteiger partial charge in [-0.2, -0.15) is 5.10 Å². The number of carbonyl (C=O) groups is 1. The van der Waals surface area contributed by atoms with Gasteiger partial charge in [-0.1, -0.05) is 30.3 Å². The summed E-state index contributed by atoms with van der Waals surface area (Å²) in [5.41, 5.74) is 9.45. The number of nitrogens with two attached hydrogens (primary N) is 1. The van der Waals surface area contributed by atoms with Crippen LogP contribution in [0.3, 0.4) is 0 Å². The molecule has 1 heterocycles. The van der Waals surface area contributed by atoms with Crippen LogP contribution in [0.15, 0.2) is 68.9 Å². The van der Waals surface area contributed by atoms with E-state index in [0.717, 1.165) is 5.39 Å². The van der Waals surface area contributed by atoms with E-state index in [2.05, 4.69) is 10.5 Å². The topological polar surface area (TPSA) is 97.7 Å². The first-order valence-electron chi connectivity index (χ1n) is 7.28. The predicted molar refractivity (Wildman–Crippen MR) is 93.0 cm³/mol. The Morgan fingerprint density at radius 2 is 1.79 bits per heavy atom. The molecule has 0 aliphatic heterocycles. The number of nitrogen functional groups attached to an aromatic ring is 1. The zero-order valence-corrected chi connectivity index (χ0v) is 12.9. The lowest BCUT2D eigenvalue weighted by molar-refractivity contribution is 0.0955. The first kappa shape index (κ1) is 15.5. The average Bonchev–Trinajstić information content (AvgIpc) is 2.59. The quantitative estimate of drug-likeness (QED) is 0.335. The van der Waals surface area contributed by atoms with Crippen molar-refractivity contribution >= 4 is 28.3 Å². The second kappa shape index (κ2) is 6.37. The van der Waals surface area contributed by atoms with Gasteiger partial charge in [-0.3, -0.25) is 4.79 Å². The molecule has 1 amide bonds. The summed E-state index contributed by atoms with van der Waals surface area (Å²) in [6.45, 7) is 1.62. The van der Waals surface area contributed by atoms with Gasteiger partial charge in [0.25, 0.3) is 5.91 Å². The molecule has 3 aromatic rings. The molecule has 24 heavy (non-hydrogen) atoms. The van der Waals surface area contributed by atoms with Crippen LogP contribution >= 0.6 is 0 Å². The van der Waals surface area contributed by atoms with Crippen LogP contribution in [0.1, 0.15) is 22.8 Å². The van der Waals surface area contributed by atoms with Crippen LogP contribution < -0.4 is 16.8 Å². The van der Waals surface area contributed by atoms with Crippen molar-refractivity contribution in [3.8, 4) is 0 Å². The zero-order chi connectivity index (χ0) is 17.1. The van der Waals surface area contributed by atoms with Gasteiger partial charge >= 0.3 is 5.63 Å². The van der Waals surface area contributed by atoms with Gasteiger partial charge in [0, 0.05) is 11.1 Å². The van der Waals surface area contributed by atoms with Gasteiger partial charge in [0.15, 0.2) is 0 Å². The fourth-order valence-corrected chi connectivity index (χ4v) is 2.27. The molecule has 0 saturated heterocycles. The summed E-state index contributed by atoms with van der Waals surface area (Å²) in [5.74, 6) is -0.447. The third-order valence-corrected chi connectivity index (χ3v) is 3.56. The van der Waals surface area contributed by atoms with E-state index >= 15 is 0 Å². The van der Waals surface area contributed by atoms with E-state index in [4.69, 9.17) is 10.2 Å². The summed E-state index contributed by atoms with van der Waals surface area (Å²) in [6, 6.07) is 15.5. The van der Waals surface area contributed by atoms with E-state index in [9.17, 15) is 9.59 Å². The minimum atomic E-state index is -0.511. The molecule has 3 rings (SSSR count). The molecule has 0 radical (unpaired) electrons. The van der Waals surface area contributed by atoms with Gasteiger partial charge < -0.3 is 10.2 Å². The van der Waals surface area contributed by atoms with Crippen molar-refractivity contribution in [1.29, 1.82) is 0 Å². The Morgan fingerprint density at radius 1 is 1.08 bits per heavy atom. The molecule has 0 aliphatic carbocycles. The molecular formula is C18H15N3O3. The van der Waals surface area contributed by atoms with Gasteiger partial charge in [-0.25, -0.2) is 10.2 Å². The summed E-state index contributed by atoms with van der Waals surface area (Å²) < 4.78 is 5.26. The number of nitrogens with zero attached hydrogens (tertiary/aromatic N) is 1. The third-order valence-electron chi connectivity index (χ3n) is 3.56. The molecule has 1 aromatic heterocycles. The Bertz CT molecular complexity index is 1010. The van der Waals surface area contributed by atoms with Crippen LogP contribution in [0.5, 0.6) is 0 Å². The lowest BCUT2D eigenvalue weighted by atomic mass is 10.1. The van der Waals surface area contributed by atoms with Crippen LogP contribution in [0, 0.1) is 0 Å². The minimum absolute atomic E-state index is 0.287. The fourth-order valence-electron chi connectivity index (χ4n) is 2.27. The Hall–Kier alpha value is -3.41. The second-order valence-corrected chi connectivity index (χ2v) is 5.21. The zero-order valence-electron chi connectivity index (χ0n) is 12.9. The summed E-state index contributed by atoms with van der Waals surface area (Å²) in [4.78, 5) is 24.2. The van der Waals surface area contributed by atoms with Crippen molar-refractivity contribution in [3.05, 3.63) is 76.1 Å². The molecule has 0 spiro atoms. The standard InChI is InChI=1S/C18H15N3O3/c1-11(20-21-17(22)13-7-3-4-8-15(13)19)14-10-12-6-2-5-9-16(12)24-18(14)23/h2-10H,19H2,1H3,(H,21,22)/b20-11+. The van der Waals surface area contributed by atoms with Crippen LogP contribution in [-0.4, -0.2) is 11.6 Å². The van der Waals surface area contributed by atoms with E-state index in [1.54, 1.807) is 49.4 Å². The highest BCUT2D eigenvalue weighted by Gasteiger charge is 2.11. The van der Waals surface area contributed by atoms with Gasteiger partial charge in [0.2, 0.25) is 0 Å². The number of anilines is 1. The average molecular weight is 321 g/mol. The van der Waals surface area contributed by atoms with Crippen molar-refractivity contribution in [3.63, 3.8) is 0 Å². The maximum Gasteiger partial charge on any atom is 0.345 e. The summed E-state index contributed by atoms with van der Waals surface area (Å²) in [6.07, 6.45) is 0. The number of rotatable bonds is 3. The number of para-hydroxylation sites is 2. The van der Waals surface area contributed by atoms with Crippen LogP contribution in [0.25, 0.3) is 11.0 Å². The number of hydrazone groups is 1. The van der Waals surface area contributed by atoms with Gasteiger partial charge in [0.05, 0.1) is 16.8 Å². The number of amides is 1. The number of nitrogens with one attached hydrogen (secondary N) is 1. The molecule has 0 unspecified atom stereocenters. The normalized spacial score (nSPS) is 11.5. The van der Waals surface area contributed by atoms with E-state index in [1.165, 1.54) is 0 Å². The lowest BCUT2D eigenvalue weighted by Crippen LogP contribution is -2.22. The van der Waals surface area contributed by atoms with E-state index in [1.807, 2.05) is 12.1 Å². The third kappa shape index (κ3) is 3.03. The second-order valence-electron chi connectivity index (χ2n) is 5.21. The first-order chi connectivity index (χ1) is 11.6. The SMILES string of the molecule is C/C(=N\NC(=O)c1ccccc1N)c1cc2ccccc2oc1=O. The fraction of sp³-hybridized carbons (Fsp3) is 0.0556. The number of fused-ring (bicyclic) bond motifs is 1. The molecular weight excluding hydrogens is 306 g/mol. The van der Waals surface area contributed by atoms with E-state index < -0.39 is 11.5 Å².